The fraction of sp³-hybridized carbons (Fsp3) is 0.471. The summed E-state index contributed by atoms with van der Waals surface area (Å²) in [7, 11) is 0. The summed E-state index contributed by atoms with van der Waals surface area (Å²) in [6.45, 7) is 4.49. The van der Waals surface area contributed by atoms with E-state index in [1.165, 1.54) is 5.56 Å². The van der Waals surface area contributed by atoms with Gasteiger partial charge in [-0.2, -0.15) is 0 Å². The van der Waals surface area contributed by atoms with E-state index in [9.17, 15) is 4.79 Å². The Morgan fingerprint density at radius 3 is 2.80 bits per heavy atom. The van der Waals surface area contributed by atoms with Gasteiger partial charge < -0.3 is 4.74 Å². The molecule has 1 fully saturated rings. The third kappa shape index (κ3) is 2.16. The van der Waals surface area contributed by atoms with E-state index in [2.05, 4.69) is 48.2 Å². The van der Waals surface area contributed by atoms with E-state index in [1.807, 2.05) is 13.0 Å². The van der Waals surface area contributed by atoms with Gasteiger partial charge in [-0.1, -0.05) is 42.5 Å². The lowest BCUT2D eigenvalue weighted by atomic mass is 9.99. The van der Waals surface area contributed by atoms with Crippen molar-refractivity contribution in [1.29, 1.82) is 0 Å². The molecule has 0 N–H and O–H groups in total. The fourth-order valence-electron chi connectivity index (χ4n) is 3.55. The summed E-state index contributed by atoms with van der Waals surface area (Å²) in [6, 6.07) is 10.8. The topological polar surface area (TPSA) is 29.5 Å². The first-order valence-corrected chi connectivity index (χ1v) is 7.39. The van der Waals surface area contributed by atoms with Gasteiger partial charge in [0.2, 0.25) is 0 Å². The minimum atomic E-state index is -0.125. The lowest BCUT2D eigenvalue weighted by Crippen LogP contribution is -2.46. The Hall–Kier alpha value is -1.61. The van der Waals surface area contributed by atoms with E-state index < -0.39 is 0 Å². The maximum Gasteiger partial charge on any atom is 0.323 e. The fourth-order valence-corrected chi connectivity index (χ4v) is 3.55. The highest BCUT2D eigenvalue weighted by Gasteiger charge is 2.49. The molecule has 1 aliphatic carbocycles. The highest BCUT2D eigenvalue weighted by atomic mass is 16.5. The normalized spacial score (nSPS) is 29.6. The summed E-state index contributed by atoms with van der Waals surface area (Å²) in [5.74, 6) is 0.234. The third-order valence-corrected chi connectivity index (χ3v) is 4.46. The van der Waals surface area contributed by atoms with Gasteiger partial charge in [0.25, 0.3) is 0 Å². The molecular formula is C17H21NO2. The standard InChI is InChI=1S/C17H21NO2/c1-3-20-17(19)16-14-9-10-15(11-14)18(16)12(2)13-7-5-4-6-8-13/h4-10,12,14-16H,3,11H2,1-2H3/t12-,14+,15-,16-/m1/s1. The van der Waals surface area contributed by atoms with E-state index >= 15 is 0 Å². The molecule has 0 spiro atoms. The molecule has 106 valence electrons. The monoisotopic (exact) mass is 271 g/mol. The number of hydrogen-bond donors (Lipinski definition) is 0. The minimum absolute atomic E-state index is 0.0767. The molecule has 1 aliphatic heterocycles. The third-order valence-electron chi connectivity index (χ3n) is 4.46. The second-order valence-electron chi connectivity index (χ2n) is 5.58. The highest BCUT2D eigenvalue weighted by Crippen LogP contribution is 2.42. The summed E-state index contributed by atoms with van der Waals surface area (Å²) >= 11 is 0. The summed E-state index contributed by atoms with van der Waals surface area (Å²) in [4.78, 5) is 14.6. The molecule has 1 aromatic rings. The average Bonchev–Trinajstić information content (AvgIpc) is 3.08. The zero-order valence-electron chi connectivity index (χ0n) is 12.0. The summed E-state index contributed by atoms with van der Waals surface area (Å²) < 4.78 is 5.28. The van der Waals surface area contributed by atoms with Crippen molar-refractivity contribution in [3.63, 3.8) is 0 Å². The Kier molecular flexibility index (Phi) is 3.62. The molecule has 2 bridgehead atoms. The second-order valence-corrected chi connectivity index (χ2v) is 5.58. The highest BCUT2D eigenvalue weighted by molar-refractivity contribution is 5.77. The van der Waals surface area contributed by atoms with Crippen molar-refractivity contribution in [3.05, 3.63) is 48.0 Å². The van der Waals surface area contributed by atoms with Crippen molar-refractivity contribution in [2.75, 3.05) is 6.61 Å². The first-order chi connectivity index (χ1) is 9.72. The molecule has 0 saturated carbocycles. The molecule has 2 aliphatic rings. The predicted molar refractivity (Wildman–Crippen MR) is 78.2 cm³/mol. The van der Waals surface area contributed by atoms with Gasteiger partial charge in [0.05, 0.1) is 6.61 Å². The number of carbonyl (C=O) groups is 1. The molecule has 1 aromatic carbocycles. The molecule has 20 heavy (non-hydrogen) atoms. The van der Waals surface area contributed by atoms with Gasteiger partial charge in [0.1, 0.15) is 6.04 Å². The smallest absolute Gasteiger partial charge is 0.323 e. The number of rotatable bonds is 4. The van der Waals surface area contributed by atoms with Crippen molar-refractivity contribution in [2.45, 2.75) is 38.4 Å². The van der Waals surface area contributed by atoms with Crippen molar-refractivity contribution >= 4 is 5.97 Å². The van der Waals surface area contributed by atoms with Crippen LogP contribution in [0.5, 0.6) is 0 Å². The lowest BCUT2D eigenvalue weighted by molar-refractivity contribution is -0.150. The van der Waals surface area contributed by atoms with Crippen molar-refractivity contribution in [2.24, 2.45) is 5.92 Å². The van der Waals surface area contributed by atoms with Crippen LogP contribution < -0.4 is 0 Å². The molecule has 3 heteroatoms. The minimum Gasteiger partial charge on any atom is -0.465 e. The maximum atomic E-state index is 12.3. The van der Waals surface area contributed by atoms with Crippen molar-refractivity contribution in [1.82, 2.24) is 4.90 Å². The second kappa shape index (κ2) is 5.41. The molecule has 0 amide bonds. The molecule has 0 radical (unpaired) electrons. The Balaban J connectivity index is 1.87. The molecule has 3 nitrogen and oxygen atoms in total. The number of nitrogens with zero attached hydrogens (tertiary/aromatic N) is 1. The molecular weight excluding hydrogens is 250 g/mol. The maximum absolute atomic E-state index is 12.3. The number of ether oxygens (including phenoxy) is 1. The molecule has 1 saturated heterocycles. The number of esters is 1. The molecule has 1 heterocycles. The number of carbonyl (C=O) groups excluding carboxylic acids is 1. The first kappa shape index (κ1) is 13.4. The first-order valence-electron chi connectivity index (χ1n) is 7.39. The van der Waals surface area contributed by atoms with Crippen LogP contribution in [0.2, 0.25) is 0 Å². The van der Waals surface area contributed by atoms with Crippen LogP contribution in [0, 0.1) is 5.92 Å². The van der Waals surface area contributed by atoms with Gasteiger partial charge in [0, 0.05) is 18.0 Å². The van der Waals surface area contributed by atoms with E-state index in [1.54, 1.807) is 0 Å². The van der Waals surface area contributed by atoms with E-state index in [4.69, 9.17) is 4.74 Å². The van der Waals surface area contributed by atoms with Crippen LogP contribution in [-0.4, -0.2) is 29.6 Å². The van der Waals surface area contributed by atoms with Crippen molar-refractivity contribution in [3.8, 4) is 0 Å². The number of likely N-dealkylation sites (tertiary alicyclic amines) is 1. The SMILES string of the molecule is CCOC(=O)[C@H]1[C@H]2C=C[C@H](C2)N1[C@H](C)c1ccccc1. The van der Waals surface area contributed by atoms with Crippen LogP contribution in [0.25, 0.3) is 0 Å². The number of benzene rings is 1. The van der Waals surface area contributed by atoms with E-state index in [0.29, 0.717) is 18.6 Å². The summed E-state index contributed by atoms with van der Waals surface area (Å²) in [6.07, 6.45) is 5.46. The van der Waals surface area contributed by atoms with Crippen LogP contribution >= 0.6 is 0 Å². The molecule has 0 unspecified atom stereocenters. The largest absolute Gasteiger partial charge is 0.465 e. The molecule has 3 rings (SSSR count). The van der Waals surface area contributed by atoms with Gasteiger partial charge in [-0.05, 0) is 25.8 Å². The van der Waals surface area contributed by atoms with Crippen LogP contribution in [0.15, 0.2) is 42.5 Å². The van der Waals surface area contributed by atoms with Crippen LogP contribution in [0.3, 0.4) is 0 Å². The zero-order valence-corrected chi connectivity index (χ0v) is 12.0. The lowest BCUT2D eigenvalue weighted by Gasteiger charge is -2.36. The molecule has 0 aromatic heterocycles. The average molecular weight is 271 g/mol. The Labute approximate surface area is 120 Å². The Bertz CT molecular complexity index is 511. The van der Waals surface area contributed by atoms with Crippen LogP contribution in [0.4, 0.5) is 0 Å². The van der Waals surface area contributed by atoms with E-state index in [0.717, 1.165) is 6.42 Å². The predicted octanol–water partition coefficient (Wildman–Crippen LogP) is 2.94. The Morgan fingerprint density at radius 2 is 2.10 bits per heavy atom. The Morgan fingerprint density at radius 1 is 1.35 bits per heavy atom. The van der Waals surface area contributed by atoms with Gasteiger partial charge in [-0.15, -0.1) is 0 Å². The van der Waals surface area contributed by atoms with Gasteiger partial charge >= 0.3 is 5.97 Å². The summed E-state index contributed by atoms with van der Waals surface area (Å²) in [5, 5.41) is 0. The quantitative estimate of drug-likeness (QED) is 0.623. The van der Waals surface area contributed by atoms with Gasteiger partial charge in [-0.25, -0.2) is 0 Å². The molecule has 4 atom stereocenters. The van der Waals surface area contributed by atoms with Crippen LogP contribution in [-0.2, 0) is 9.53 Å². The van der Waals surface area contributed by atoms with Gasteiger partial charge in [0.15, 0.2) is 0 Å². The summed E-state index contributed by atoms with van der Waals surface area (Å²) in [5.41, 5.74) is 1.25. The number of hydrogen-bond acceptors (Lipinski definition) is 3. The van der Waals surface area contributed by atoms with Gasteiger partial charge in [-0.3, -0.25) is 9.69 Å². The van der Waals surface area contributed by atoms with Crippen LogP contribution in [0.1, 0.15) is 31.9 Å². The van der Waals surface area contributed by atoms with Crippen molar-refractivity contribution < 1.29 is 9.53 Å². The van der Waals surface area contributed by atoms with E-state index in [-0.39, 0.29) is 18.1 Å². The zero-order chi connectivity index (χ0) is 14.1. The number of fused-ring (bicyclic) bond motifs is 2.